The van der Waals surface area contributed by atoms with Crippen LogP contribution in [0, 0.1) is 5.92 Å². The number of ether oxygens (including phenoxy) is 2. The van der Waals surface area contributed by atoms with E-state index in [1.54, 1.807) is 6.92 Å². The number of esters is 2. The number of carbonyl (C=O) groups is 2. The number of allylic oxidation sites excluding steroid dienone is 1. The lowest BCUT2D eigenvalue weighted by Crippen LogP contribution is -2.30. The van der Waals surface area contributed by atoms with Crippen LogP contribution in [0.5, 0.6) is 0 Å². The van der Waals surface area contributed by atoms with E-state index >= 15 is 0 Å². The summed E-state index contributed by atoms with van der Waals surface area (Å²) in [6.45, 7) is 6.52. The molecule has 0 aromatic rings. The Kier molecular flexibility index (Phi) is 19.0. The number of carbonyl (C=O) groups excluding carboxylic acids is 2. The second kappa shape index (κ2) is 19.9. The van der Waals surface area contributed by atoms with Crippen molar-refractivity contribution in [2.24, 2.45) is 5.92 Å². The van der Waals surface area contributed by atoms with Gasteiger partial charge in [0.25, 0.3) is 0 Å². The third-order valence-corrected chi connectivity index (χ3v) is 5.01. The number of rotatable bonds is 19. The number of hydrogen-bond acceptors (Lipinski definition) is 5. The summed E-state index contributed by atoms with van der Waals surface area (Å²) in [6.07, 6.45) is 16.3. The lowest BCUT2D eigenvalue weighted by Gasteiger charge is -2.18. The van der Waals surface area contributed by atoms with Crippen molar-refractivity contribution in [3.63, 3.8) is 0 Å². The van der Waals surface area contributed by atoms with E-state index < -0.39 is 12.1 Å². The predicted molar refractivity (Wildman–Crippen MR) is 118 cm³/mol. The minimum absolute atomic E-state index is 0.113. The molecule has 0 heterocycles. The molecule has 0 saturated heterocycles. The minimum atomic E-state index is -1.08. The maximum absolute atomic E-state index is 11.9. The lowest BCUT2D eigenvalue weighted by molar-refractivity contribution is -0.155. The van der Waals surface area contributed by atoms with Gasteiger partial charge in [0.05, 0.1) is 13.2 Å². The SMILES string of the molecule is CCCCCCCCC(/C=C/CCCCCCC(=O)OCC)C(O)C(=O)OCC. The van der Waals surface area contributed by atoms with Crippen LogP contribution in [0.1, 0.15) is 104 Å². The summed E-state index contributed by atoms with van der Waals surface area (Å²) in [5.41, 5.74) is 0. The third kappa shape index (κ3) is 16.2. The lowest BCUT2D eigenvalue weighted by atomic mass is 9.93. The highest BCUT2D eigenvalue weighted by atomic mass is 16.5. The van der Waals surface area contributed by atoms with Gasteiger partial charge in [0.1, 0.15) is 0 Å². The predicted octanol–water partition coefficient (Wildman–Crippen LogP) is 5.74. The maximum Gasteiger partial charge on any atom is 0.335 e. The molecule has 170 valence electrons. The zero-order valence-electron chi connectivity index (χ0n) is 19.0. The van der Waals surface area contributed by atoms with Crippen LogP contribution < -0.4 is 0 Å². The van der Waals surface area contributed by atoms with E-state index in [0.717, 1.165) is 51.4 Å². The van der Waals surface area contributed by atoms with Crippen molar-refractivity contribution in [2.45, 2.75) is 110 Å². The Balaban J connectivity index is 4.19. The molecular formula is C24H44O5. The molecule has 0 aromatic carbocycles. The quantitative estimate of drug-likeness (QED) is 0.166. The van der Waals surface area contributed by atoms with Crippen LogP contribution in [-0.4, -0.2) is 36.4 Å². The smallest absolute Gasteiger partial charge is 0.335 e. The van der Waals surface area contributed by atoms with Crippen molar-refractivity contribution in [1.29, 1.82) is 0 Å². The first-order chi connectivity index (χ1) is 14.1. The molecule has 2 unspecified atom stereocenters. The molecule has 0 bridgehead atoms. The van der Waals surface area contributed by atoms with Crippen molar-refractivity contribution in [3.8, 4) is 0 Å². The second-order valence-corrected chi connectivity index (χ2v) is 7.60. The number of aliphatic hydroxyl groups excluding tert-OH is 1. The van der Waals surface area contributed by atoms with Gasteiger partial charge in [0, 0.05) is 12.3 Å². The Morgan fingerprint density at radius 2 is 1.45 bits per heavy atom. The van der Waals surface area contributed by atoms with E-state index in [1.807, 2.05) is 13.0 Å². The third-order valence-electron chi connectivity index (χ3n) is 5.01. The fraction of sp³-hybridized carbons (Fsp3) is 0.833. The van der Waals surface area contributed by atoms with Gasteiger partial charge < -0.3 is 14.6 Å². The average Bonchev–Trinajstić information content (AvgIpc) is 2.70. The first kappa shape index (κ1) is 27.6. The zero-order chi connectivity index (χ0) is 21.7. The number of hydrogen-bond donors (Lipinski definition) is 1. The highest BCUT2D eigenvalue weighted by Gasteiger charge is 2.24. The molecule has 2 atom stereocenters. The van der Waals surface area contributed by atoms with E-state index in [-0.39, 0.29) is 18.5 Å². The van der Waals surface area contributed by atoms with E-state index in [9.17, 15) is 14.7 Å². The fourth-order valence-corrected chi connectivity index (χ4v) is 3.31. The van der Waals surface area contributed by atoms with Crippen LogP contribution >= 0.6 is 0 Å². The second-order valence-electron chi connectivity index (χ2n) is 7.60. The van der Waals surface area contributed by atoms with Crippen molar-refractivity contribution in [1.82, 2.24) is 0 Å². The standard InChI is InChI=1S/C24H44O5/c1-4-7-8-9-12-15-18-21(23(26)24(27)29-6-3)19-16-13-10-11-14-17-20-22(25)28-5-2/h16,19,21,23,26H,4-15,17-18,20H2,1-3H3/b19-16+. The zero-order valence-corrected chi connectivity index (χ0v) is 19.0. The van der Waals surface area contributed by atoms with Gasteiger partial charge in [0.2, 0.25) is 0 Å². The molecular weight excluding hydrogens is 368 g/mol. The highest BCUT2D eigenvalue weighted by molar-refractivity contribution is 5.75. The Bertz CT molecular complexity index is 433. The summed E-state index contributed by atoms with van der Waals surface area (Å²) in [4.78, 5) is 23.2. The van der Waals surface area contributed by atoms with E-state index in [0.29, 0.717) is 13.0 Å². The Morgan fingerprint density at radius 1 is 0.828 bits per heavy atom. The van der Waals surface area contributed by atoms with E-state index in [4.69, 9.17) is 9.47 Å². The molecule has 5 nitrogen and oxygen atoms in total. The van der Waals surface area contributed by atoms with Crippen molar-refractivity contribution in [3.05, 3.63) is 12.2 Å². The Labute approximate surface area is 178 Å². The molecule has 0 rings (SSSR count). The summed E-state index contributed by atoms with van der Waals surface area (Å²) in [5.74, 6) is -0.811. The Hall–Kier alpha value is -1.36. The molecule has 0 spiro atoms. The molecule has 0 radical (unpaired) electrons. The van der Waals surface area contributed by atoms with Gasteiger partial charge in [0.15, 0.2) is 6.10 Å². The van der Waals surface area contributed by atoms with Crippen LogP contribution in [0.4, 0.5) is 0 Å². The number of unbranched alkanes of at least 4 members (excludes halogenated alkanes) is 9. The topological polar surface area (TPSA) is 72.8 Å². The van der Waals surface area contributed by atoms with Gasteiger partial charge in [-0.15, -0.1) is 0 Å². The van der Waals surface area contributed by atoms with Gasteiger partial charge >= 0.3 is 11.9 Å². The molecule has 0 aliphatic heterocycles. The summed E-state index contributed by atoms with van der Waals surface area (Å²) in [6, 6.07) is 0. The normalized spacial score (nSPS) is 13.4. The summed E-state index contributed by atoms with van der Waals surface area (Å²) in [7, 11) is 0. The maximum atomic E-state index is 11.9. The van der Waals surface area contributed by atoms with Crippen molar-refractivity contribution in [2.75, 3.05) is 13.2 Å². The van der Waals surface area contributed by atoms with Crippen LogP contribution in [0.25, 0.3) is 0 Å². The summed E-state index contributed by atoms with van der Waals surface area (Å²) < 4.78 is 9.91. The molecule has 0 aromatic heterocycles. The van der Waals surface area contributed by atoms with Gasteiger partial charge in [-0.05, 0) is 39.5 Å². The summed E-state index contributed by atoms with van der Waals surface area (Å²) >= 11 is 0. The van der Waals surface area contributed by atoms with Gasteiger partial charge in [-0.3, -0.25) is 4.79 Å². The van der Waals surface area contributed by atoms with Crippen LogP contribution in [0.2, 0.25) is 0 Å². The highest BCUT2D eigenvalue weighted by Crippen LogP contribution is 2.19. The first-order valence-electron chi connectivity index (χ1n) is 11.7. The first-order valence-corrected chi connectivity index (χ1v) is 11.7. The van der Waals surface area contributed by atoms with Crippen molar-refractivity contribution >= 4 is 11.9 Å². The summed E-state index contributed by atoms with van der Waals surface area (Å²) in [5, 5.41) is 10.3. The fourth-order valence-electron chi connectivity index (χ4n) is 3.31. The van der Waals surface area contributed by atoms with Crippen LogP contribution in [0.3, 0.4) is 0 Å². The molecule has 29 heavy (non-hydrogen) atoms. The molecule has 1 N–H and O–H groups in total. The van der Waals surface area contributed by atoms with Crippen LogP contribution in [-0.2, 0) is 19.1 Å². The van der Waals surface area contributed by atoms with Gasteiger partial charge in [-0.2, -0.15) is 0 Å². The molecule has 0 aliphatic rings. The van der Waals surface area contributed by atoms with Crippen LogP contribution in [0.15, 0.2) is 12.2 Å². The van der Waals surface area contributed by atoms with E-state index in [2.05, 4.69) is 13.0 Å². The molecule has 0 aliphatic carbocycles. The van der Waals surface area contributed by atoms with Gasteiger partial charge in [-0.25, -0.2) is 4.79 Å². The monoisotopic (exact) mass is 412 g/mol. The molecule has 5 heteroatoms. The largest absolute Gasteiger partial charge is 0.466 e. The molecule has 0 fully saturated rings. The molecule has 0 amide bonds. The average molecular weight is 413 g/mol. The van der Waals surface area contributed by atoms with Crippen molar-refractivity contribution < 1.29 is 24.2 Å². The van der Waals surface area contributed by atoms with E-state index in [1.165, 1.54) is 25.7 Å². The Morgan fingerprint density at radius 3 is 2.14 bits per heavy atom. The van der Waals surface area contributed by atoms with Gasteiger partial charge in [-0.1, -0.05) is 70.4 Å². The molecule has 0 saturated carbocycles. The minimum Gasteiger partial charge on any atom is -0.466 e. The number of aliphatic hydroxyl groups is 1.